The van der Waals surface area contributed by atoms with E-state index in [4.69, 9.17) is 11.5 Å². The van der Waals surface area contributed by atoms with Gasteiger partial charge < -0.3 is 11.5 Å². The molecule has 1 aromatic rings. The highest BCUT2D eigenvalue weighted by Crippen LogP contribution is 2.17. The predicted octanol–water partition coefficient (Wildman–Crippen LogP) is 1.69. The molecular formula is C12H20N2. The summed E-state index contributed by atoms with van der Waals surface area (Å²) < 4.78 is 0. The minimum atomic E-state index is -0.129. The van der Waals surface area contributed by atoms with Gasteiger partial charge in [-0.15, -0.1) is 0 Å². The van der Waals surface area contributed by atoms with Gasteiger partial charge in [-0.1, -0.05) is 37.3 Å². The van der Waals surface area contributed by atoms with Crippen molar-refractivity contribution >= 4 is 0 Å². The van der Waals surface area contributed by atoms with E-state index in [2.05, 4.69) is 19.1 Å². The summed E-state index contributed by atoms with van der Waals surface area (Å²) in [5, 5.41) is 0. The van der Waals surface area contributed by atoms with E-state index >= 15 is 0 Å². The third kappa shape index (κ3) is 3.13. The highest BCUT2D eigenvalue weighted by molar-refractivity contribution is 5.17. The van der Waals surface area contributed by atoms with Crippen LogP contribution in [-0.2, 0) is 6.42 Å². The maximum atomic E-state index is 6.26. The van der Waals surface area contributed by atoms with Gasteiger partial charge in [-0.25, -0.2) is 0 Å². The highest BCUT2D eigenvalue weighted by Gasteiger charge is 2.21. The Bertz CT molecular complexity index is 258. The van der Waals surface area contributed by atoms with Gasteiger partial charge in [0, 0.05) is 5.54 Å². The first-order chi connectivity index (χ1) is 6.70. The van der Waals surface area contributed by atoms with E-state index < -0.39 is 0 Å². The van der Waals surface area contributed by atoms with E-state index in [-0.39, 0.29) is 5.54 Å². The Hall–Kier alpha value is -0.860. The lowest BCUT2D eigenvalue weighted by molar-refractivity contribution is 0.383. The third-order valence-electron chi connectivity index (χ3n) is 2.75. The number of hydrogen-bond acceptors (Lipinski definition) is 2. The van der Waals surface area contributed by atoms with Crippen molar-refractivity contribution in [2.45, 2.75) is 31.7 Å². The van der Waals surface area contributed by atoms with Crippen LogP contribution in [0.1, 0.15) is 25.3 Å². The lowest BCUT2D eigenvalue weighted by Crippen LogP contribution is -2.43. The van der Waals surface area contributed by atoms with Crippen LogP contribution in [0, 0.1) is 0 Å². The van der Waals surface area contributed by atoms with E-state index in [9.17, 15) is 0 Å². The molecule has 0 saturated heterocycles. The van der Waals surface area contributed by atoms with Crippen molar-refractivity contribution in [3.63, 3.8) is 0 Å². The summed E-state index contributed by atoms with van der Waals surface area (Å²) >= 11 is 0. The van der Waals surface area contributed by atoms with Crippen LogP contribution in [0.4, 0.5) is 0 Å². The van der Waals surface area contributed by atoms with Gasteiger partial charge in [0.1, 0.15) is 0 Å². The summed E-state index contributed by atoms with van der Waals surface area (Å²) in [4.78, 5) is 0. The molecular weight excluding hydrogens is 172 g/mol. The molecule has 14 heavy (non-hydrogen) atoms. The molecule has 0 radical (unpaired) electrons. The molecule has 0 aromatic heterocycles. The molecule has 0 aliphatic carbocycles. The Morgan fingerprint density at radius 3 is 2.36 bits per heavy atom. The van der Waals surface area contributed by atoms with Gasteiger partial charge in [-0.3, -0.25) is 0 Å². The van der Waals surface area contributed by atoms with Crippen LogP contribution in [0.25, 0.3) is 0 Å². The van der Waals surface area contributed by atoms with Gasteiger partial charge in [-0.2, -0.15) is 0 Å². The fourth-order valence-corrected chi connectivity index (χ4v) is 1.68. The molecule has 1 aromatic carbocycles. The van der Waals surface area contributed by atoms with E-state index in [0.717, 1.165) is 19.3 Å². The Morgan fingerprint density at radius 1 is 1.21 bits per heavy atom. The fourth-order valence-electron chi connectivity index (χ4n) is 1.68. The molecule has 1 rings (SSSR count). The smallest absolute Gasteiger partial charge is 0.0204 e. The van der Waals surface area contributed by atoms with E-state index in [1.165, 1.54) is 5.56 Å². The first kappa shape index (κ1) is 11.2. The summed E-state index contributed by atoms with van der Waals surface area (Å²) in [5.41, 5.74) is 13.0. The predicted molar refractivity (Wildman–Crippen MR) is 61.0 cm³/mol. The quantitative estimate of drug-likeness (QED) is 0.746. The summed E-state index contributed by atoms with van der Waals surface area (Å²) in [5.74, 6) is 0. The molecule has 0 saturated carbocycles. The fraction of sp³-hybridized carbons (Fsp3) is 0.500. The summed E-state index contributed by atoms with van der Waals surface area (Å²) in [6, 6.07) is 10.4. The lowest BCUT2D eigenvalue weighted by Gasteiger charge is -2.27. The molecule has 0 bridgehead atoms. The van der Waals surface area contributed by atoms with Crippen LogP contribution >= 0.6 is 0 Å². The van der Waals surface area contributed by atoms with Crippen molar-refractivity contribution in [3.05, 3.63) is 35.9 Å². The molecule has 0 amide bonds. The van der Waals surface area contributed by atoms with Crippen molar-refractivity contribution in [2.75, 3.05) is 6.54 Å². The molecule has 1 atom stereocenters. The second kappa shape index (κ2) is 5.13. The first-order valence-corrected chi connectivity index (χ1v) is 5.23. The van der Waals surface area contributed by atoms with Crippen molar-refractivity contribution in [1.82, 2.24) is 0 Å². The molecule has 0 aliphatic heterocycles. The van der Waals surface area contributed by atoms with Gasteiger partial charge in [-0.05, 0) is 31.4 Å². The SMILES string of the molecule is CCC(N)(CCN)Cc1ccccc1. The van der Waals surface area contributed by atoms with Crippen LogP contribution in [0.15, 0.2) is 30.3 Å². The van der Waals surface area contributed by atoms with Gasteiger partial charge >= 0.3 is 0 Å². The van der Waals surface area contributed by atoms with Crippen molar-refractivity contribution < 1.29 is 0 Å². The molecule has 78 valence electrons. The molecule has 0 heterocycles. The third-order valence-corrected chi connectivity index (χ3v) is 2.75. The largest absolute Gasteiger partial charge is 0.330 e. The van der Waals surface area contributed by atoms with Crippen molar-refractivity contribution in [3.8, 4) is 0 Å². The monoisotopic (exact) mass is 192 g/mol. The summed E-state index contributed by atoms with van der Waals surface area (Å²) in [6.07, 6.45) is 2.78. The Kier molecular flexibility index (Phi) is 4.11. The van der Waals surface area contributed by atoms with Gasteiger partial charge in [0.15, 0.2) is 0 Å². The first-order valence-electron chi connectivity index (χ1n) is 5.23. The normalized spacial score (nSPS) is 15.1. The minimum Gasteiger partial charge on any atom is -0.330 e. The maximum absolute atomic E-state index is 6.26. The summed E-state index contributed by atoms with van der Waals surface area (Å²) in [6.45, 7) is 2.79. The number of hydrogen-bond donors (Lipinski definition) is 2. The topological polar surface area (TPSA) is 52.0 Å². The Morgan fingerprint density at radius 2 is 1.86 bits per heavy atom. The average molecular weight is 192 g/mol. The standard InChI is InChI=1S/C12H20N2/c1-2-12(14,8-9-13)10-11-6-4-3-5-7-11/h3-7H,2,8-10,13-14H2,1H3. The number of benzene rings is 1. The molecule has 0 spiro atoms. The molecule has 0 aliphatic rings. The maximum Gasteiger partial charge on any atom is 0.0204 e. The number of nitrogens with two attached hydrogens (primary N) is 2. The Balaban J connectivity index is 2.65. The van der Waals surface area contributed by atoms with Gasteiger partial charge in [0.05, 0.1) is 0 Å². The Labute approximate surface area is 86.3 Å². The van der Waals surface area contributed by atoms with Crippen molar-refractivity contribution in [1.29, 1.82) is 0 Å². The lowest BCUT2D eigenvalue weighted by atomic mass is 9.86. The van der Waals surface area contributed by atoms with Crippen LogP contribution in [0.2, 0.25) is 0 Å². The minimum absolute atomic E-state index is 0.129. The molecule has 0 fully saturated rings. The zero-order valence-electron chi connectivity index (χ0n) is 8.87. The van der Waals surface area contributed by atoms with Crippen molar-refractivity contribution in [2.24, 2.45) is 11.5 Å². The molecule has 1 unspecified atom stereocenters. The van der Waals surface area contributed by atoms with E-state index in [1.807, 2.05) is 18.2 Å². The second-order valence-electron chi connectivity index (χ2n) is 3.92. The van der Waals surface area contributed by atoms with Crippen LogP contribution in [0.3, 0.4) is 0 Å². The second-order valence-corrected chi connectivity index (χ2v) is 3.92. The zero-order valence-corrected chi connectivity index (χ0v) is 8.87. The number of rotatable bonds is 5. The zero-order chi connectivity index (χ0) is 10.4. The molecule has 4 N–H and O–H groups in total. The van der Waals surface area contributed by atoms with E-state index in [0.29, 0.717) is 6.54 Å². The van der Waals surface area contributed by atoms with Gasteiger partial charge in [0.25, 0.3) is 0 Å². The van der Waals surface area contributed by atoms with E-state index in [1.54, 1.807) is 0 Å². The highest BCUT2D eigenvalue weighted by atomic mass is 14.7. The van der Waals surface area contributed by atoms with Crippen LogP contribution < -0.4 is 11.5 Å². The summed E-state index contributed by atoms with van der Waals surface area (Å²) in [7, 11) is 0. The van der Waals surface area contributed by atoms with Gasteiger partial charge in [0.2, 0.25) is 0 Å². The van der Waals surface area contributed by atoms with Crippen LogP contribution in [0.5, 0.6) is 0 Å². The van der Waals surface area contributed by atoms with Crippen LogP contribution in [-0.4, -0.2) is 12.1 Å². The molecule has 2 heteroatoms. The molecule has 2 nitrogen and oxygen atoms in total. The average Bonchev–Trinajstić information content (AvgIpc) is 2.20.